The lowest BCUT2D eigenvalue weighted by Gasteiger charge is -2.27. The van der Waals surface area contributed by atoms with Crippen LogP contribution < -0.4 is 20.1 Å². The molecular formula is C21H26N2O2S. The van der Waals surface area contributed by atoms with Gasteiger partial charge in [-0.1, -0.05) is 32.0 Å². The van der Waals surface area contributed by atoms with Crippen molar-refractivity contribution >= 4 is 23.0 Å². The Morgan fingerprint density at radius 3 is 2.46 bits per heavy atom. The van der Waals surface area contributed by atoms with E-state index in [-0.39, 0.29) is 6.04 Å². The molecule has 0 saturated heterocycles. The Labute approximate surface area is 160 Å². The first-order valence-corrected chi connectivity index (χ1v) is 9.39. The van der Waals surface area contributed by atoms with Crippen molar-refractivity contribution in [2.24, 2.45) is 5.92 Å². The number of hydrogen-bond donors (Lipinski definition) is 2. The van der Waals surface area contributed by atoms with Crippen molar-refractivity contribution < 1.29 is 9.47 Å². The molecule has 0 amide bonds. The number of anilines is 1. The zero-order valence-electron chi connectivity index (χ0n) is 15.8. The Balaban J connectivity index is 1.76. The lowest BCUT2D eigenvalue weighted by molar-refractivity contribution is 0.171. The fourth-order valence-electron chi connectivity index (χ4n) is 3.06. The number of rotatable bonds is 4. The van der Waals surface area contributed by atoms with Gasteiger partial charge in [-0.2, -0.15) is 0 Å². The summed E-state index contributed by atoms with van der Waals surface area (Å²) in [5.41, 5.74) is 4.54. The monoisotopic (exact) mass is 370 g/mol. The Morgan fingerprint density at radius 1 is 1.00 bits per heavy atom. The van der Waals surface area contributed by atoms with Crippen molar-refractivity contribution in [1.82, 2.24) is 5.32 Å². The molecule has 0 fully saturated rings. The van der Waals surface area contributed by atoms with Crippen LogP contribution in [0.25, 0.3) is 0 Å². The van der Waals surface area contributed by atoms with Crippen LogP contribution in [0.1, 0.15) is 36.6 Å². The SMILES string of the molecule is Cc1ccc(C)c(NC(=S)N[C@H](c2ccc3c(c2)OCCO3)C(C)C)c1. The maximum atomic E-state index is 5.72. The molecule has 0 radical (unpaired) electrons. The van der Waals surface area contributed by atoms with Crippen molar-refractivity contribution in [2.75, 3.05) is 18.5 Å². The Hall–Kier alpha value is -2.27. The smallest absolute Gasteiger partial charge is 0.171 e. The van der Waals surface area contributed by atoms with E-state index in [4.69, 9.17) is 21.7 Å². The zero-order valence-corrected chi connectivity index (χ0v) is 16.6. The van der Waals surface area contributed by atoms with Crippen LogP contribution in [-0.4, -0.2) is 18.3 Å². The molecule has 138 valence electrons. The highest BCUT2D eigenvalue weighted by atomic mass is 32.1. The molecule has 1 heterocycles. The van der Waals surface area contributed by atoms with E-state index in [0.29, 0.717) is 24.2 Å². The maximum absolute atomic E-state index is 5.72. The number of fused-ring (bicyclic) bond motifs is 1. The van der Waals surface area contributed by atoms with E-state index in [1.807, 2.05) is 12.1 Å². The number of thiocarbonyl (C=S) groups is 1. The summed E-state index contributed by atoms with van der Waals surface area (Å²) < 4.78 is 11.3. The van der Waals surface area contributed by atoms with Gasteiger partial charge in [-0.3, -0.25) is 0 Å². The summed E-state index contributed by atoms with van der Waals surface area (Å²) in [5.74, 6) is 1.96. The van der Waals surface area contributed by atoms with Gasteiger partial charge >= 0.3 is 0 Å². The van der Waals surface area contributed by atoms with E-state index in [0.717, 1.165) is 22.7 Å². The number of aryl methyl sites for hydroxylation is 2. The molecule has 1 aliphatic heterocycles. The highest BCUT2D eigenvalue weighted by Crippen LogP contribution is 2.34. The van der Waals surface area contributed by atoms with Crippen molar-refractivity contribution in [1.29, 1.82) is 0 Å². The molecule has 0 spiro atoms. The van der Waals surface area contributed by atoms with Crippen LogP contribution in [0.15, 0.2) is 36.4 Å². The third-order valence-electron chi connectivity index (χ3n) is 4.52. The summed E-state index contributed by atoms with van der Waals surface area (Å²) >= 11 is 5.58. The standard InChI is InChI=1S/C21H26N2O2S/c1-13(2)20(16-7-8-18-19(12-16)25-10-9-24-18)23-21(26)22-17-11-14(3)5-6-15(17)4/h5-8,11-13,20H,9-10H2,1-4H3,(H2,22,23,26)/t20-/m0/s1. The van der Waals surface area contributed by atoms with Gasteiger partial charge in [0.2, 0.25) is 0 Å². The zero-order chi connectivity index (χ0) is 18.7. The van der Waals surface area contributed by atoms with Gasteiger partial charge in [0.15, 0.2) is 16.6 Å². The first kappa shape index (κ1) is 18.5. The number of nitrogens with one attached hydrogen (secondary N) is 2. The molecule has 5 heteroatoms. The molecule has 0 aliphatic carbocycles. The molecule has 0 aromatic heterocycles. The number of ether oxygens (including phenoxy) is 2. The molecule has 0 unspecified atom stereocenters. The van der Waals surface area contributed by atoms with Crippen LogP contribution in [-0.2, 0) is 0 Å². The fraction of sp³-hybridized carbons (Fsp3) is 0.381. The predicted octanol–water partition coefficient (Wildman–Crippen LogP) is 4.76. The van der Waals surface area contributed by atoms with Gasteiger partial charge < -0.3 is 20.1 Å². The van der Waals surface area contributed by atoms with Crippen molar-refractivity contribution in [3.63, 3.8) is 0 Å². The van der Waals surface area contributed by atoms with Crippen LogP contribution in [0.4, 0.5) is 5.69 Å². The van der Waals surface area contributed by atoms with Crippen LogP contribution in [0.3, 0.4) is 0 Å². The molecule has 0 saturated carbocycles. The molecule has 3 rings (SSSR count). The molecule has 2 aromatic rings. The number of hydrogen-bond acceptors (Lipinski definition) is 3. The average molecular weight is 371 g/mol. The topological polar surface area (TPSA) is 42.5 Å². The van der Waals surface area contributed by atoms with E-state index in [1.54, 1.807) is 0 Å². The second kappa shape index (κ2) is 7.96. The Morgan fingerprint density at radius 2 is 1.73 bits per heavy atom. The van der Waals surface area contributed by atoms with Crippen molar-refractivity contribution in [2.45, 2.75) is 33.7 Å². The van der Waals surface area contributed by atoms with Gasteiger partial charge in [0, 0.05) is 5.69 Å². The highest BCUT2D eigenvalue weighted by molar-refractivity contribution is 7.80. The van der Waals surface area contributed by atoms with Crippen LogP contribution in [0.5, 0.6) is 11.5 Å². The van der Waals surface area contributed by atoms with Gasteiger partial charge in [0.1, 0.15) is 13.2 Å². The summed E-state index contributed by atoms with van der Waals surface area (Å²) in [4.78, 5) is 0. The lowest BCUT2D eigenvalue weighted by Crippen LogP contribution is -2.35. The third-order valence-corrected chi connectivity index (χ3v) is 4.74. The van der Waals surface area contributed by atoms with Crippen LogP contribution in [0.2, 0.25) is 0 Å². The molecule has 4 nitrogen and oxygen atoms in total. The van der Waals surface area contributed by atoms with E-state index in [1.165, 1.54) is 11.1 Å². The lowest BCUT2D eigenvalue weighted by atomic mass is 9.95. The van der Waals surface area contributed by atoms with Gasteiger partial charge in [-0.05, 0) is 66.9 Å². The Kier molecular flexibility index (Phi) is 5.67. The average Bonchev–Trinajstić information content (AvgIpc) is 2.62. The van der Waals surface area contributed by atoms with E-state index in [2.05, 4.69) is 62.6 Å². The van der Waals surface area contributed by atoms with Gasteiger partial charge in [0.05, 0.1) is 6.04 Å². The highest BCUT2D eigenvalue weighted by Gasteiger charge is 2.20. The van der Waals surface area contributed by atoms with Crippen LogP contribution >= 0.6 is 12.2 Å². The summed E-state index contributed by atoms with van der Waals surface area (Å²) in [5, 5.41) is 7.41. The summed E-state index contributed by atoms with van der Waals surface area (Å²) in [6.45, 7) is 9.69. The molecular weight excluding hydrogens is 344 g/mol. The summed E-state index contributed by atoms with van der Waals surface area (Å²) in [6.07, 6.45) is 0. The van der Waals surface area contributed by atoms with Gasteiger partial charge in [-0.15, -0.1) is 0 Å². The first-order chi connectivity index (χ1) is 12.4. The molecule has 1 aliphatic rings. The predicted molar refractivity (Wildman–Crippen MR) is 110 cm³/mol. The summed E-state index contributed by atoms with van der Waals surface area (Å²) in [7, 11) is 0. The number of benzene rings is 2. The second-order valence-electron chi connectivity index (χ2n) is 7.04. The van der Waals surface area contributed by atoms with E-state index in [9.17, 15) is 0 Å². The second-order valence-corrected chi connectivity index (χ2v) is 7.45. The Bertz CT molecular complexity index is 805. The quantitative estimate of drug-likeness (QED) is 0.760. The van der Waals surface area contributed by atoms with Crippen molar-refractivity contribution in [3.8, 4) is 11.5 Å². The van der Waals surface area contributed by atoms with Gasteiger partial charge in [0.25, 0.3) is 0 Å². The van der Waals surface area contributed by atoms with Crippen molar-refractivity contribution in [3.05, 3.63) is 53.1 Å². The molecule has 0 bridgehead atoms. The largest absolute Gasteiger partial charge is 0.486 e. The van der Waals surface area contributed by atoms with Gasteiger partial charge in [-0.25, -0.2) is 0 Å². The van der Waals surface area contributed by atoms with Crippen LogP contribution in [0, 0.1) is 19.8 Å². The van der Waals surface area contributed by atoms with E-state index >= 15 is 0 Å². The molecule has 26 heavy (non-hydrogen) atoms. The maximum Gasteiger partial charge on any atom is 0.171 e. The minimum atomic E-state index is 0.0796. The summed E-state index contributed by atoms with van der Waals surface area (Å²) in [6, 6.07) is 12.5. The third kappa shape index (κ3) is 4.28. The fourth-order valence-corrected chi connectivity index (χ4v) is 3.30. The molecule has 2 aromatic carbocycles. The minimum absolute atomic E-state index is 0.0796. The minimum Gasteiger partial charge on any atom is -0.486 e. The molecule has 2 N–H and O–H groups in total. The first-order valence-electron chi connectivity index (χ1n) is 8.98. The van der Waals surface area contributed by atoms with E-state index < -0.39 is 0 Å². The normalized spacial score (nSPS) is 14.0. The molecule has 1 atom stereocenters.